The predicted octanol–water partition coefficient (Wildman–Crippen LogP) is 4.27. The fraction of sp³-hybridized carbons (Fsp3) is 0.0870. The number of halogens is 1. The number of benzene rings is 3. The number of fused-ring (bicyclic) bond motifs is 1. The molecule has 0 spiro atoms. The maximum absolute atomic E-state index is 13.3. The minimum Gasteiger partial charge on any atom is -0.350 e. The van der Waals surface area contributed by atoms with Gasteiger partial charge in [-0.25, -0.2) is 0 Å². The third-order valence-electron chi connectivity index (χ3n) is 4.87. The molecule has 1 amide bonds. The second-order valence-corrected chi connectivity index (χ2v) is 7.35. The van der Waals surface area contributed by atoms with E-state index < -0.39 is 23.1 Å². The van der Waals surface area contributed by atoms with Crippen molar-refractivity contribution in [2.75, 3.05) is 5.32 Å². The van der Waals surface area contributed by atoms with Crippen LogP contribution in [0.1, 0.15) is 36.6 Å². The fourth-order valence-electron chi connectivity index (χ4n) is 3.37. The molecule has 0 saturated heterocycles. The van der Waals surface area contributed by atoms with Gasteiger partial charge >= 0.3 is 0 Å². The zero-order valence-electron chi connectivity index (χ0n) is 15.5. The minimum atomic E-state index is -1.93. The van der Waals surface area contributed by atoms with Crippen LogP contribution in [0.15, 0.2) is 72.8 Å². The van der Waals surface area contributed by atoms with E-state index in [1.54, 1.807) is 54.6 Å². The van der Waals surface area contributed by atoms with Gasteiger partial charge in [-0.1, -0.05) is 59.6 Å². The van der Waals surface area contributed by atoms with Crippen molar-refractivity contribution in [3.05, 3.63) is 100 Å². The lowest BCUT2D eigenvalue weighted by Gasteiger charge is -2.29. The highest BCUT2D eigenvalue weighted by atomic mass is 35.5. The first-order chi connectivity index (χ1) is 13.9. The second kappa shape index (κ2) is 7.18. The predicted molar refractivity (Wildman–Crippen MR) is 112 cm³/mol. The van der Waals surface area contributed by atoms with E-state index in [2.05, 4.69) is 10.6 Å². The number of carbonyl (C=O) groups excluding carboxylic acids is 3. The summed E-state index contributed by atoms with van der Waals surface area (Å²) in [7, 11) is 0. The maximum atomic E-state index is 13.3. The summed E-state index contributed by atoms with van der Waals surface area (Å²) in [5, 5.41) is 6.00. The van der Waals surface area contributed by atoms with Gasteiger partial charge in [0.25, 0.3) is 5.91 Å². The van der Waals surface area contributed by atoms with Crippen LogP contribution >= 0.6 is 11.6 Å². The van der Waals surface area contributed by atoms with E-state index in [0.29, 0.717) is 10.7 Å². The Morgan fingerprint density at radius 2 is 1.48 bits per heavy atom. The van der Waals surface area contributed by atoms with Crippen molar-refractivity contribution in [1.29, 1.82) is 0 Å². The SMILES string of the molecule is Cc1ccc(NC2(NC(=O)c3cccc(Cl)c3)C(=O)c3ccccc3C2=O)cc1. The molecule has 0 unspecified atom stereocenters. The van der Waals surface area contributed by atoms with Gasteiger partial charge in [0.1, 0.15) is 0 Å². The quantitative estimate of drug-likeness (QED) is 0.503. The van der Waals surface area contributed by atoms with Crippen LogP contribution in [0.2, 0.25) is 5.02 Å². The largest absolute Gasteiger partial charge is 0.350 e. The van der Waals surface area contributed by atoms with Gasteiger partial charge in [-0.3, -0.25) is 14.4 Å². The lowest BCUT2D eigenvalue weighted by atomic mass is 10.0. The Labute approximate surface area is 172 Å². The summed E-state index contributed by atoms with van der Waals surface area (Å²) < 4.78 is 0. The Hall–Kier alpha value is -3.44. The minimum absolute atomic E-state index is 0.249. The van der Waals surface area contributed by atoms with Crippen LogP contribution in [-0.2, 0) is 0 Å². The molecule has 0 bridgehead atoms. The molecule has 3 aromatic rings. The summed E-state index contributed by atoms with van der Waals surface area (Å²) in [5.74, 6) is -1.59. The molecular formula is C23H17ClN2O3. The third-order valence-corrected chi connectivity index (χ3v) is 5.10. The van der Waals surface area contributed by atoms with E-state index in [1.165, 1.54) is 6.07 Å². The average Bonchev–Trinajstić information content (AvgIpc) is 2.92. The Bertz CT molecular complexity index is 1100. The van der Waals surface area contributed by atoms with E-state index in [9.17, 15) is 14.4 Å². The molecule has 1 aliphatic rings. The van der Waals surface area contributed by atoms with Gasteiger partial charge in [-0.2, -0.15) is 0 Å². The number of rotatable bonds is 4. The molecule has 4 rings (SSSR count). The first-order valence-electron chi connectivity index (χ1n) is 9.02. The standard InChI is InChI=1S/C23H17ClN2O3/c1-14-9-11-17(12-10-14)25-23(26-22(29)15-5-4-6-16(24)13-15)20(27)18-7-2-3-8-19(18)21(23)28/h2-13,25H,1H3,(H,26,29). The molecule has 0 heterocycles. The lowest BCUT2D eigenvalue weighted by molar-refractivity contribution is 0.0726. The smallest absolute Gasteiger partial charge is 0.253 e. The summed E-state index contributed by atoms with van der Waals surface area (Å²) in [5.41, 5.74) is 0.417. The Balaban J connectivity index is 1.78. The number of amides is 1. The number of Topliss-reactive ketones (excluding diaryl/α,β-unsaturated/α-hetero) is 2. The van der Waals surface area contributed by atoms with Crippen LogP contribution in [0.5, 0.6) is 0 Å². The molecule has 5 nitrogen and oxygen atoms in total. The van der Waals surface area contributed by atoms with Crippen molar-refractivity contribution in [2.45, 2.75) is 12.6 Å². The molecule has 29 heavy (non-hydrogen) atoms. The molecule has 0 atom stereocenters. The van der Waals surface area contributed by atoms with E-state index in [-0.39, 0.29) is 16.7 Å². The number of aryl methyl sites for hydroxylation is 1. The zero-order chi connectivity index (χ0) is 20.6. The van der Waals surface area contributed by atoms with E-state index >= 15 is 0 Å². The van der Waals surface area contributed by atoms with Crippen LogP contribution in [-0.4, -0.2) is 23.1 Å². The van der Waals surface area contributed by atoms with Gasteiger partial charge in [-0.05, 0) is 37.3 Å². The van der Waals surface area contributed by atoms with Crippen LogP contribution in [0.25, 0.3) is 0 Å². The van der Waals surface area contributed by atoms with E-state index in [0.717, 1.165) is 5.56 Å². The van der Waals surface area contributed by atoms with Gasteiger partial charge in [0, 0.05) is 27.4 Å². The van der Waals surface area contributed by atoms with Gasteiger partial charge in [0.2, 0.25) is 17.2 Å². The van der Waals surface area contributed by atoms with Gasteiger partial charge in [0.05, 0.1) is 0 Å². The summed E-state index contributed by atoms with van der Waals surface area (Å²) in [6.07, 6.45) is 0. The number of carbonyl (C=O) groups is 3. The lowest BCUT2D eigenvalue weighted by Crippen LogP contribution is -2.62. The molecule has 0 aromatic heterocycles. The number of anilines is 1. The highest BCUT2D eigenvalue weighted by Crippen LogP contribution is 2.32. The number of ketones is 2. The Morgan fingerprint density at radius 1 is 0.862 bits per heavy atom. The molecular weight excluding hydrogens is 388 g/mol. The molecule has 0 saturated carbocycles. The highest BCUT2D eigenvalue weighted by Gasteiger charge is 2.54. The maximum Gasteiger partial charge on any atom is 0.253 e. The monoisotopic (exact) mass is 404 g/mol. The molecule has 0 aliphatic heterocycles. The summed E-state index contributed by atoms with van der Waals surface area (Å²) >= 11 is 5.99. The van der Waals surface area contributed by atoms with Crippen LogP contribution in [0.3, 0.4) is 0 Å². The average molecular weight is 405 g/mol. The molecule has 1 aliphatic carbocycles. The van der Waals surface area contributed by atoms with E-state index in [4.69, 9.17) is 11.6 Å². The third kappa shape index (κ3) is 3.30. The van der Waals surface area contributed by atoms with Gasteiger partial charge < -0.3 is 10.6 Å². The summed E-state index contributed by atoms with van der Waals surface area (Å²) in [6.45, 7) is 1.93. The van der Waals surface area contributed by atoms with Crippen LogP contribution in [0.4, 0.5) is 5.69 Å². The van der Waals surface area contributed by atoms with Crippen molar-refractivity contribution in [3.8, 4) is 0 Å². The van der Waals surface area contributed by atoms with Crippen molar-refractivity contribution < 1.29 is 14.4 Å². The molecule has 0 fully saturated rings. The Kier molecular flexibility index (Phi) is 4.68. The molecule has 3 aromatic carbocycles. The molecule has 6 heteroatoms. The van der Waals surface area contributed by atoms with Crippen LogP contribution in [0, 0.1) is 6.92 Å². The second-order valence-electron chi connectivity index (χ2n) is 6.91. The normalized spacial score (nSPS) is 14.4. The number of hydrogen-bond acceptors (Lipinski definition) is 4. The number of hydrogen-bond donors (Lipinski definition) is 2. The van der Waals surface area contributed by atoms with Crippen molar-refractivity contribution in [1.82, 2.24) is 5.32 Å². The summed E-state index contributed by atoms with van der Waals surface area (Å²) in [6, 6.07) is 20.1. The summed E-state index contributed by atoms with van der Waals surface area (Å²) in [4.78, 5) is 39.6. The zero-order valence-corrected chi connectivity index (χ0v) is 16.3. The first kappa shape index (κ1) is 18.9. The fourth-order valence-corrected chi connectivity index (χ4v) is 3.56. The molecule has 0 radical (unpaired) electrons. The van der Waals surface area contributed by atoms with Crippen molar-refractivity contribution >= 4 is 34.8 Å². The van der Waals surface area contributed by atoms with Crippen LogP contribution < -0.4 is 10.6 Å². The Morgan fingerprint density at radius 3 is 2.07 bits per heavy atom. The topological polar surface area (TPSA) is 75.3 Å². The van der Waals surface area contributed by atoms with Crippen molar-refractivity contribution in [3.63, 3.8) is 0 Å². The van der Waals surface area contributed by atoms with E-state index in [1.807, 2.05) is 19.1 Å². The van der Waals surface area contributed by atoms with Crippen molar-refractivity contribution in [2.24, 2.45) is 0 Å². The molecule has 144 valence electrons. The molecule has 2 N–H and O–H groups in total. The van der Waals surface area contributed by atoms with Gasteiger partial charge in [0.15, 0.2) is 0 Å². The first-order valence-corrected chi connectivity index (χ1v) is 9.40. The van der Waals surface area contributed by atoms with Gasteiger partial charge in [-0.15, -0.1) is 0 Å². The number of nitrogens with one attached hydrogen (secondary N) is 2. The highest BCUT2D eigenvalue weighted by molar-refractivity contribution is 6.35.